The van der Waals surface area contributed by atoms with Crippen LogP contribution in [0.25, 0.3) is 6.08 Å². The Morgan fingerprint density at radius 2 is 1.77 bits per heavy atom. The molecule has 2 aromatic rings. The number of piperazine rings is 1. The highest BCUT2D eigenvalue weighted by Gasteiger charge is 2.37. The standard InChI is InChI=1S/C29H34FN7O3/c1-20(16-22-17-23(30)7-10-25(22)33-19-38)26(34-31)18-32-24-8-5-21(6-9-24)28(39)37-11-3-4-27(37)29(40)36-14-12-35(2)13-15-36/h5-10,16-19,27,31-32H,3-4,11-15H2,1-2H3,(H,33,38)/b20-16+,26-18-,34-31?. The van der Waals surface area contributed by atoms with Crippen LogP contribution < -0.4 is 10.6 Å². The molecule has 11 heteroatoms. The van der Waals surface area contributed by atoms with E-state index in [0.29, 0.717) is 66.2 Å². The van der Waals surface area contributed by atoms with E-state index in [2.05, 4.69) is 20.6 Å². The van der Waals surface area contributed by atoms with Gasteiger partial charge in [0, 0.05) is 61.4 Å². The summed E-state index contributed by atoms with van der Waals surface area (Å²) < 4.78 is 13.8. The number of anilines is 2. The van der Waals surface area contributed by atoms with Crippen LogP contribution in [0.2, 0.25) is 0 Å². The number of hydrogen-bond acceptors (Lipinski definition) is 7. The van der Waals surface area contributed by atoms with Crippen molar-refractivity contribution in [1.29, 1.82) is 5.53 Å². The van der Waals surface area contributed by atoms with E-state index in [0.717, 1.165) is 19.5 Å². The summed E-state index contributed by atoms with van der Waals surface area (Å²) in [7, 11) is 2.04. The van der Waals surface area contributed by atoms with Gasteiger partial charge in [-0.1, -0.05) is 0 Å². The van der Waals surface area contributed by atoms with Crippen molar-refractivity contribution in [2.75, 3.05) is 50.4 Å². The molecule has 2 aliphatic heterocycles. The van der Waals surface area contributed by atoms with Crippen LogP contribution in [-0.2, 0) is 9.59 Å². The fourth-order valence-electron chi connectivity index (χ4n) is 4.92. The number of likely N-dealkylation sites (tertiary alicyclic amines) is 1. The number of amides is 3. The van der Waals surface area contributed by atoms with Crippen molar-refractivity contribution in [3.8, 4) is 0 Å². The third kappa shape index (κ3) is 6.78. The van der Waals surface area contributed by atoms with E-state index >= 15 is 0 Å². The Bertz CT molecular complexity index is 1320. The molecule has 3 N–H and O–H groups in total. The molecule has 2 aliphatic rings. The second-order valence-corrected chi connectivity index (χ2v) is 9.97. The minimum absolute atomic E-state index is 0.0322. The summed E-state index contributed by atoms with van der Waals surface area (Å²) >= 11 is 0. The maximum absolute atomic E-state index is 13.8. The van der Waals surface area contributed by atoms with E-state index in [9.17, 15) is 18.8 Å². The second kappa shape index (κ2) is 13.1. The summed E-state index contributed by atoms with van der Waals surface area (Å²) in [5, 5.41) is 9.16. The fourth-order valence-corrected chi connectivity index (χ4v) is 4.92. The topological polar surface area (TPSA) is 121 Å². The molecule has 0 aliphatic carbocycles. The molecule has 0 radical (unpaired) electrons. The van der Waals surface area contributed by atoms with Crippen LogP contribution in [0.1, 0.15) is 35.7 Å². The predicted molar refractivity (Wildman–Crippen MR) is 151 cm³/mol. The highest BCUT2D eigenvalue weighted by molar-refractivity contribution is 5.98. The highest BCUT2D eigenvalue weighted by atomic mass is 19.1. The van der Waals surface area contributed by atoms with Crippen LogP contribution >= 0.6 is 0 Å². The molecular formula is C29H34FN7O3. The molecule has 3 amide bonds. The van der Waals surface area contributed by atoms with Crippen molar-refractivity contribution in [1.82, 2.24) is 14.7 Å². The van der Waals surface area contributed by atoms with Gasteiger partial charge >= 0.3 is 0 Å². The first kappa shape index (κ1) is 28.6. The van der Waals surface area contributed by atoms with Gasteiger partial charge in [0.2, 0.25) is 12.3 Å². The molecule has 10 nitrogen and oxygen atoms in total. The van der Waals surface area contributed by atoms with Crippen molar-refractivity contribution in [3.63, 3.8) is 0 Å². The quantitative estimate of drug-likeness (QED) is 0.247. The van der Waals surface area contributed by atoms with E-state index in [4.69, 9.17) is 5.53 Å². The van der Waals surface area contributed by atoms with Crippen LogP contribution in [0.5, 0.6) is 0 Å². The number of nitrogens with one attached hydrogen (secondary N) is 3. The molecule has 2 heterocycles. The van der Waals surface area contributed by atoms with Gasteiger partial charge in [0.15, 0.2) is 0 Å². The van der Waals surface area contributed by atoms with Crippen LogP contribution in [0.3, 0.4) is 0 Å². The monoisotopic (exact) mass is 547 g/mol. The van der Waals surface area contributed by atoms with Gasteiger partial charge in [-0.05, 0) is 80.9 Å². The Labute approximate surface area is 233 Å². The molecule has 1 unspecified atom stereocenters. The van der Waals surface area contributed by atoms with E-state index in [-0.39, 0.29) is 11.8 Å². The minimum Gasteiger partial charge on any atom is -0.360 e. The summed E-state index contributed by atoms with van der Waals surface area (Å²) in [6.45, 7) is 5.32. The first-order valence-electron chi connectivity index (χ1n) is 13.2. The number of rotatable bonds is 9. The normalized spacial score (nSPS) is 18.4. The van der Waals surface area contributed by atoms with Crippen molar-refractivity contribution < 1.29 is 18.8 Å². The Balaban J connectivity index is 1.42. The second-order valence-electron chi connectivity index (χ2n) is 9.97. The number of halogens is 1. The number of likely N-dealkylation sites (N-methyl/N-ethyl adjacent to an activating group) is 1. The summed E-state index contributed by atoms with van der Waals surface area (Å²) in [4.78, 5) is 43.1. The number of carbonyl (C=O) groups excluding carboxylic acids is 3. The molecule has 1 atom stereocenters. The maximum Gasteiger partial charge on any atom is 0.254 e. The Hall–Kier alpha value is -4.38. The van der Waals surface area contributed by atoms with Crippen LogP contribution in [0.4, 0.5) is 15.8 Å². The molecule has 40 heavy (non-hydrogen) atoms. The van der Waals surface area contributed by atoms with Crippen molar-refractivity contribution in [3.05, 3.63) is 76.9 Å². The smallest absolute Gasteiger partial charge is 0.254 e. The Morgan fingerprint density at radius 3 is 2.45 bits per heavy atom. The third-order valence-corrected chi connectivity index (χ3v) is 7.25. The highest BCUT2D eigenvalue weighted by Crippen LogP contribution is 2.25. The van der Waals surface area contributed by atoms with Gasteiger partial charge in [-0.2, -0.15) is 5.11 Å². The summed E-state index contributed by atoms with van der Waals surface area (Å²) in [5.41, 5.74) is 10.5. The van der Waals surface area contributed by atoms with E-state index < -0.39 is 11.9 Å². The lowest BCUT2D eigenvalue weighted by molar-refractivity contribution is -0.136. The van der Waals surface area contributed by atoms with Gasteiger partial charge in [-0.25, -0.2) is 9.92 Å². The predicted octanol–water partition coefficient (Wildman–Crippen LogP) is 4.16. The first-order chi connectivity index (χ1) is 19.3. The van der Waals surface area contributed by atoms with Crippen LogP contribution in [0.15, 0.2) is 65.0 Å². The molecular weight excluding hydrogens is 513 g/mol. The van der Waals surface area contributed by atoms with Crippen molar-refractivity contribution in [2.45, 2.75) is 25.8 Å². The van der Waals surface area contributed by atoms with Gasteiger partial charge in [-0.3, -0.25) is 14.4 Å². The zero-order valence-electron chi connectivity index (χ0n) is 22.7. The zero-order valence-corrected chi connectivity index (χ0v) is 22.7. The van der Waals surface area contributed by atoms with Gasteiger partial charge in [0.05, 0.1) is 0 Å². The van der Waals surface area contributed by atoms with E-state index in [1.807, 2.05) is 11.9 Å². The summed E-state index contributed by atoms with van der Waals surface area (Å²) in [6, 6.07) is 10.5. The van der Waals surface area contributed by atoms with E-state index in [1.54, 1.807) is 42.2 Å². The van der Waals surface area contributed by atoms with Crippen LogP contribution in [0, 0.1) is 11.3 Å². The van der Waals surface area contributed by atoms with Gasteiger partial charge in [-0.15, -0.1) is 0 Å². The molecule has 0 aromatic heterocycles. The average molecular weight is 548 g/mol. The maximum atomic E-state index is 13.8. The van der Waals surface area contributed by atoms with Crippen LogP contribution in [-0.4, -0.2) is 78.7 Å². The third-order valence-electron chi connectivity index (χ3n) is 7.25. The molecule has 4 rings (SSSR count). The largest absolute Gasteiger partial charge is 0.360 e. The minimum atomic E-state index is -0.458. The first-order valence-corrected chi connectivity index (χ1v) is 13.2. The molecule has 2 aromatic carbocycles. The molecule has 0 spiro atoms. The van der Waals surface area contributed by atoms with Gasteiger partial charge in [0.25, 0.3) is 5.91 Å². The molecule has 2 fully saturated rings. The number of carbonyl (C=O) groups is 3. The average Bonchev–Trinajstić information content (AvgIpc) is 3.45. The number of nitrogens with zero attached hydrogens (tertiary/aromatic N) is 4. The van der Waals surface area contributed by atoms with Crippen molar-refractivity contribution in [2.24, 2.45) is 5.11 Å². The molecule has 0 saturated carbocycles. The lowest BCUT2D eigenvalue weighted by atomic mass is 10.1. The fraction of sp³-hybridized carbons (Fsp3) is 0.345. The number of allylic oxidation sites excluding steroid dienone is 1. The van der Waals surface area contributed by atoms with Gasteiger partial charge in [0.1, 0.15) is 17.6 Å². The molecule has 0 bridgehead atoms. The Morgan fingerprint density at radius 1 is 1.05 bits per heavy atom. The number of benzene rings is 2. The molecule has 210 valence electrons. The lowest BCUT2D eigenvalue weighted by Crippen LogP contribution is -2.53. The number of hydrogen-bond donors (Lipinski definition) is 3. The zero-order chi connectivity index (χ0) is 28.6. The molecule has 2 saturated heterocycles. The van der Waals surface area contributed by atoms with E-state index in [1.165, 1.54) is 24.4 Å². The summed E-state index contributed by atoms with van der Waals surface area (Å²) in [6.07, 6.45) is 5.15. The summed E-state index contributed by atoms with van der Waals surface area (Å²) in [5.74, 6) is -0.590. The Kier molecular flexibility index (Phi) is 9.39. The SMILES string of the molecule is CC(=C\c1cc(F)ccc1NC=O)/C(=C/Nc1ccc(C(=O)N2CCCC2C(=O)N2CCN(C)CC2)cc1)N=N. The lowest BCUT2D eigenvalue weighted by Gasteiger charge is -2.35. The van der Waals surface area contributed by atoms with Crippen molar-refractivity contribution >= 4 is 35.7 Å². The van der Waals surface area contributed by atoms with Gasteiger partial charge < -0.3 is 25.3 Å².